The molecule has 0 atom stereocenters. The number of benzene rings is 1. The summed E-state index contributed by atoms with van der Waals surface area (Å²) in [5, 5.41) is 0. The maximum absolute atomic E-state index is 2.55. The molecular weight excluding hydrogens is 347 g/mol. The zero-order valence-electron chi connectivity index (χ0n) is 11.6. The van der Waals surface area contributed by atoms with Crippen LogP contribution in [0.15, 0.2) is 30.3 Å². The van der Waals surface area contributed by atoms with Crippen LogP contribution in [-0.2, 0) is 0 Å². The Hall–Kier alpha value is -0.290. The van der Waals surface area contributed by atoms with Gasteiger partial charge in [-0.25, -0.2) is 0 Å². The monoisotopic (exact) mass is 376 g/mol. The molecule has 1 aliphatic rings. The molecule has 1 aliphatic heterocycles. The van der Waals surface area contributed by atoms with Crippen molar-refractivity contribution in [1.82, 2.24) is 0 Å². The fourth-order valence-electron chi connectivity index (χ4n) is 2.91. The summed E-state index contributed by atoms with van der Waals surface area (Å²) in [5.41, 5.74) is 1.39. The van der Waals surface area contributed by atoms with E-state index in [1.165, 1.54) is 55.9 Å². The van der Waals surface area contributed by atoms with Crippen molar-refractivity contribution in [1.29, 1.82) is 0 Å². The van der Waals surface area contributed by atoms with Crippen molar-refractivity contribution >= 4 is 5.69 Å². The second-order valence-corrected chi connectivity index (χ2v) is 5.10. The minimum absolute atomic E-state index is 0. The van der Waals surface area contributed by atoms with E-state index >= 15 is 0 Å². The quantitative estimate of drug-likeness (QED) is 0.545. The summed E-state index contributed by atoms with van der Waals surface area (Å²) >= 11 is 0. The van der Waals surface area contributed by atoms with Gasteiger partial charge < -0.3 is 33.4 Å². The van der Waals surface area contributed by atoms with Gasteiger partial charge >= 0.3 is 0 Å². The Bertz CT molecular complexity index is 336. The molecule has 3 heteroatoms. The molecule has 2 nitrogen and oxygen atoms in total. The van der Waals surface area contributed by atoms with E-state index in [0.717, 1.165) is 0 Å². The number of rotatable bonds is 3. The van der Waals surface area contributed by atoms with Crippen LogP contribution in [0.1, 0.15) is 27.7 Å². The first-order valence-electron chi connectivity index (χ1n) is 6.95. The van der Waals surface area contributed by atoms with E-state index in [2.05, 4.69) is 49.1 Å². The largest absolute Gasteiger partial charge is 1.00 e. The molecule has 0 N–H and O–H groups in total. The minimum atomic E-state index is 0. The van der Waals surface area contributed by atoms with Gasteiger partial charge in [-0.1, -0.05) is 25.6 Å². The van der Waals surface area contributed by atoms with Crippen molar-refractivity contribution in [3.8, 4) is 0 Å². The molecule has 0 amide bonds. The number of hydrogen-bond donors (Lipinski definition) is 0. The summed E-state index contributed by atoms with van der Waals surface area (Å²) < 4.78 is 1.29. The molecule has 1 heterocycles. The molecule has 0 aromatic heterocycles. The van der Waals surface area contributed by atoms with Crippen LogP contribution in [0.4, 0.5) is 5.69 Å². The van der Waals surface area contributed by atoms with Gasteiger partial charge in [-0.05, 0) is 26.0 Å². The molecular formula is C16H29IN2. The second kappa shape index (κ2) is 8.80. The molecule has 1 aromatic rings. The second-order valence-electron chi connectivity index (χ2n) is 5.10. The lowest BCUT2D eigenvalue weighted by Crippen LogP contribution is -3.00. The number of para-hydroxylation sites is 1. The summed E-state index contributed by atoms with van der Waals surface area (Å²) in [7, 11) is 0. The Morgan fingerprint density at radius 3 is 2.21 bits per heavy atom. The average Bonchev–Trinajstić information content (AvgIpc) is 2.63. The molecule has 110 valence electrons. The predicted octanol–water partition coefficient (Wildman–Crippen LogP) is 0.393. The van der Waals surface area contributed by atoms with Gasteiger partial charge in [-0.2, -0.15) is 0 Å². The van der Waals surface area contributed by atoms with E-state index in [1.54, 1.807) is 0 Å². The Labute approximate surface area is 136 Å². The number of nitrogens with zero attached hydrogens (tertiary/aromatic N) is 2. The topological polar surface area (TPSA) is 3.24 Å². The Morgan fingerprint density at radius 1 is 1.00 bits per heavy atom. The number of likely N-dealkylation sites (N-methyl/N-ethyl adjacent to an activating group) is 1. The predicted molar refractivity (Wildman–Crippen MR) is 81.1 cm³/mol. The van der Waals surface area contributed by atoms with Crippen molar-refractivity contribution in [2.24, 2.45) is 0 Å². The minimum Gasteiger partial charge on any atom is -1.00 e. The van der Waals surface area contributed by atoms with Crippen LogP contribution in [0.2, 0.25) is 0 Å². The first-order chi connectivity index (χ1) is 8.29. The van der Waals surface area contributed by atoms with Crippen LogP contribution in [0.3, 0.4) is 0 Å². The van der Waals surface area contributed by atoms with Crippen LogP contribution >= 0.6 is 0 Å². The van der Waals surface area contributed by atoms with Crippen molar-refractivity contribution in [3.05, 3.63) is 30.3 Å². The molecule has 0 bridgehead atoms. The maximum Gasteiger partial charge on any atom is 0.0964 e. The lowest BCUT2D eigenvalue weighted by atomic mass is 10.3. The molecule has 1 saturated heterocycles. The number of quaternary nitrogens is 1. The molecule has 0 spiro atoms. The normalized spacial score (nSPS) is 17.9. The molecule has 0 saturated carbocycles. The fraction of sp³-hybridized carbons (Fsp3) is 0.625. The Morgan fingerprint density at radius 2 is 1.63 bits per heavy atom. The highest BCUT2D eigenvalue weighted by Gasteiger charge is 2.27. The van der Waals surface area contributed by atoms with Gasteiger partial charge in [0.05, 0.1) is 32.7 Å². The van der Waals surface area contributed by atoms with Crippen LogP contribution < -0.4 is 28.9 Å². The highest BCUT2D eigenvalue weighted by atomic mass is 127. The zero-order chi connectivity index (χ0) is 12.1. The van der Waals surface area contributed by atoms with E-state index in [0.29, 0.717) is 0 Å². The summed E-state index contributed by atoms with van der Waals surface area (Å²) in [4.78, 5) is 2.55. The van der Waals surface area contributed by atoms with Crippen LogP contribution in [0, 0.1) is 0 Å². The smallest absolute Gasteiger partial charge is 0.0964 e. The highest BCUT2D eigenvalue weighted by Crippen LogP contribution is 2.19. The van der Waals surface area contributed by atoms with Gasteiger partial charge in [-0.15, -0.1) is 0 Å². The van der Waals surface area contributed by atoms with Gasteiger partial charge in [0.15, 0.2) is 0 Å². The zero-order valence-corrected chi connectivity index (χ0v) is 13.8. The lowest BCUT2D eigenvalue weighted by Gasteiger charge is -2.35. The molecule has 1 aromatic carbocycles. The van der Waals surface area contributed by atoms with Crippen LogP contribution in [0.5, 0.6) is 0 Å². The van der Waals surface area contributed by atoms with E-state index in [4.69, 9.17) is 0 Å². The Kier molecular flexibility index (Phi) is 8.66. The third kappa shape index (κ3) is 4.63. The lowest BCUT2D eigenvalue weighted by molar-refractivity contribution is -0.922. The third-order valence-electron chi connectivity index (χ3n) is 4.37. The van der Waals surface area contributed by atoms with E-state index in [1.807, 2.05) is 0 Å². The molecule has 1 fully saturated rings. The molecule has 2 rings (SSSR count). The standard InChI is InChI=1S/C15H25N2.CH4.HI/c1-3-17(4-2)13-8-11-16(12-14-17)15-9-6-5-7-10-15;;/h5-7,9-10H,3-4,8,11-14H2,1-2H3;1H4;1H/q+1;;/p-1. The van der Waals surface area contributed by atoms with E-state index in [-0.39, 0.29) is 31.4 Å². The van der Waals surface area contributed by atoms with Gasteiger partial charge in [0.2, 0.25) is 0 Å². The van der Waals surface area contributed by atoms with E-state index < -0.39 is 0 Å². The van der Waals surface area contributed by atoms with Gasteiger partial charge in [0.1, 0.15) is 0 Å². The summed E-state index contributed by atoms with van der Waals surface area (Å²) in [6.07, 6.45) is 1.32. The molecule has 0 radical (unpaired) electrons. The molecule has 0 aliphatic carbocycles. The van der Waals surface area contributed by atoms with Crippen LogP contribution in [0.25, 0.3) is 0 Å². The summed E-state index contributed by atoms with van der Waals surface area (Å²) in [6, 6.07) is 10.8. The van der Waals surface area contributed by atoms with E-state index in [9.17, 15) is 0 Å². The van der Waals surface area contributed by atoms with Crippen LogP contribution in [-0.4, -0.2) is 43.8 Å². The first-order valence-corrected chi connectivity index (χ1v) is 6.95. The third-order valence-corrected chi connectivity index (χ3v) is 4.37. The number of hydrogen-bond acceptors (Lipinski definition) is 1. The fourth-order valence-corrected chi connectivity index (χ4v) is 2.91. The maximum atomic E-state index is 2.55. The summed E-state index contributed by atoms with van der Waals surface area (Å²) in [5.74, 6) is 0. The number of anilines is 1. The highest BCUT2D eigenvalue weighted by molar-refractivity contribution is 5.45. The van der Waals surface area contributed by atoms with Crippen molar-refractivity contribution in [3.63, 3.8) is 0 Å². The Balaban J connectivity index is 0.00000162. The van der Waals surface area contributed by atoms with Gasteiger partial charge in [0.25, 0.3) is 0 Å². The molecule has 19 heavy (non-hydrogen) atoms. The number of halogens is 1. The van der Waals surface area contributed by atoms with Gasteiger partial charge in [0, 0.05) is 18.7 Å². The van der Waals surface area contributed by atoms with Crippen molar-refractivity contribution in [2.45, 2.75) is 27.7 Å². The summed E-state index contributed by atoms with van der Waals surface area (Å²) in [6.45, 7) is 12.3. The van der Waals surface area contributed by atoms with Crippen molar-refractivity contribution in [2.75, 3.05) is 44.2 Å². The first kappa shape index (κ1) is 18.7. The van der Waals surface area contributed by atoms with Gasteiger partial charge in [-0.3, -0.25) is 0 Å². The SMILES string of the molecule is C.CC[N+]1(CC)CCCN(c2ccccc2)CC1.[I-]. The average molecular weight is 376 g/mol. The van der Waals surface area contributed by atoms with Crippen molar-refractivity contribution < 1.29 is 28.5 Å². The molecule has 0 unspecified atom stereocenters.